The molecule has 0 atom stereocenters. The lowest BCUT2D eigenvalue weighted by molar-refractivity contribution is 0.321. The highest BCUT2D eigenvalue weighted by atomic mass is 19.1. The molecule has 0 saturated heterocycles. The van der Waals surface area contributed by atoms with Crippen molar-refractivity contribution in [2.45, 2.75) is 6.92 Å². The second-order valence-electron chi connectivity index (χ2n) is 2.24. The van der Waals surface area contributed by atoms with E-state index in [-0.39, 0.29) is 11.2 Å². The molecule has 0 N–H and O–H groups in total. The van der Waals surface area contributed by atoms with Crippen LogP contribution in [0.3, 0.4) is 0 Å². The molecule has 4 heteroatoms. The van der Waals surface area contributed by atoms with Crippen molar-refractivity contribution in [3.05, 3.63) is 23.8 Å². The molecule has 0 heterocycles. The molecule has 0 aliphatic heterocycles. The van der Waals surface area contributed by atoms with Gasteiger partial charge >= 0.3 is 0 Å². The average Bonchev–Trinajstić information content (AvgIpc) is 2.01. The van der Waals surface area contributed by atoms with Gasteiger partial charge in [-0.25, -0.2) is 8.78 Å². The molecule has 1 rings (SSSR count). The molecule has 0 bridgehead atoms. The van der Waals surface area contributed by atoms with Crippen molar-refractivity contribution < 1.29 is 13.5 Å². The Morgan fingerprint density at radius 3 is 2.58 bits per heavy atom. The van der Waals surface area contributed by atoms with Gasteiger partial charge < -0.3 is 4.74 Å². The van der Waals surface area contributed by atoms with E-state index in [1.165, 1.54) is 0 Å². The Morgan fingerprint density at radius 2 is 2.00 bits per heavy atom. The minimum atomic E-state index is -0.768. The minimum Gasteiger partial charge on any atom is -0.491 e. The molecule has 0 aromatic heterocycles. The van der Waals surface area contributed by atoms with E-state index in [0.29, 0.717) is 12.7 Å². The smallest absolute Gasteiger partial charge is 0.167 e. The van der Waals surface area contributed by atoms with Gasteiger partial charge in [-0.2, -0.15) is 0 Å². The molecule has 0 amide bonds. The van der Waals surface area contributed by atoms with Gasteiger partial charge in [0.2, 0.25) is 0 Å². The zero-order chi connectivity index (χ0) is 9.14. The van der Waals surface area contributed by atoms with Crippen LogP contribution in [-0.4, -0.2) is 14.5 Å². The number of ether oxygens (including phenoxy) is 1. The normalized spacial score (nSPS) is 9.92. The summed E-state index contributed by atoms with van der Waals surface area (Å²) in [5, 5.41) is 0. The predicted octanol–water partition coefficient (Wildman–Crippen LogP) is 1.16. The Balaban J connectivity index is 3.05. The Morgan fingerprint density at radius 1 is 1.33 bits per heavy atom. The van der Waals surface area contributed by atoms with Gasteiger partial charge in [-0.1, -0.05) is 5.46 Å². The molecule has 1 aromatic carbocycles. The summed E-state index contributed by atoms with van der Waals surface area (Å²) in [6.45, 7) is 2.03. The number of benzene rings is 1. The van der Waals surface area contributed by atoms with E-state index in [1.807, 2.05) is 0 Å². The molecular weight excluding hydrogens is 161 g/mol. The standard InChI is InChI=1S/C8H7BF2O/c1-2-12-8-3-5(9)6(10)4-7(8)11/h3-4H,2H2,1H3. The third-order valence-corrected chi connectivity index (χ3v) is 1.35. The molecule has 0 saturated carbocycles. The van der Waals surface area contributed by atoms with Crippen LogP contribution in [0.5, 0.6) is 5.75 Å². The fraction of sp³-hybridized carbons (Fsp3) is 0.250. The van der Waals surface area contributed by atoms with E-state index in [1.54, 1.807) is 6.92 Å². The summed E-state index contributed by atoms with van der Waals surface area (Å²) in [6, 6.07) is 1.84. The molecule has 2 radical (unpaired) electrons. The zero-order valence-electron chi connectivity index (χ0n) is 6.60. The zero-order valence-corrected chi connectivity index (χ0v) is 6.60. The fourth-order valence-corrected chi connectivity index (χ4v) is 0.811. The van der Waals surface area contributed by atoms with Crippen LogP contribution in [-0.2, 0) is 0 Å². The molecule has 1 aromatic rings. The fourth-order valence-electron chi connectivity index (χ4n) is 0.811. The summed E-state index contributed by atoms with van der Waals surface area (Å²) in [5.41, 5.74) is -0.111. The Kier molecular flexibility index (Phi) is 2.68. The van der Waals surface area contributed by atoms with E-state index < -0.39 is 11.6 Å². The van der Waals surface area contributed by atoms with Gasteiger partial charge in [-0.15, -0.1) is 0 Å². The summed E-state index contributed by atoms with van der Waals surface area (Å²) in [5.74, 6) is -1.52. The van der Waals surface area contributed by atoms with Crippen molar-refractivity contribution in [1.82, 2.24) is 0 Å². The van der Waals surface area contributed by atoms with Crippen LogP contribution in [0.25, 0.3) is 0 Å². The molecule has 1 nitrogen and oxygen atoms in total. The number of hydrogen-bond donors (Lipinski definition) is 0. The first-order valence-electron chi connectivity index (χ1n) is 3.52. The van der Waals surface area contributed by atoms with Crippen molar-refractivity contribution in [3.63, 3.8) is 0 Å². The van der Waals surface area contributed by atoms with Crippen molar-refractivity contribution in [2.75, 3.05) is 6.61 Å². The highest BCUT2D eigenvalue weighted by Gasteiger charge is 2.06. The van der Waals surface area contributed by atoms with E-state index in [4.69, 9.17) is 12.6 Å². The maximum Gasteiger partial charge on any atom is 0.167 e. The third kappa shape index (κ3) is 1.75. The SMILES string of the molecule is [B]c1cc(OCC)c(F)cc1F. The van der Waals surface area contributed by atoms with Gasteiger partial charge in [-0.3, -0.25) is 0 Å². The molecule has 12 heavy (non-hydrogen) atoms. The van der Waals surface area contributed by atoms with Crippen molar-refractivity contribution >= 4 is 13.3 Å². The molecule has 0 unspecified atom stereocenters. The molecule has 62 valence electrons. The predicted molar refractivity (Wildman–Crippen MR) is 42.9 cm³/mol. The van der Waals surface area contributed by atoms with Gasteiger partial charge in [-0.05, 0) is 13.0 Å². The van der Waals surface area contributed by atoms with Gasteiger partial charge in [0.15, 0.2) is 11.6 Å². The molecule has 0 aliphatic carbocycles. The Bertz CT molecular complexity index is 289. The lowest BCUT2D eigenvalue weighted by Gasteiger charge is -2.05. The van der Waals surface area contributed by atoms with Crippen LogP contribution in [0.2, 0.25) is 0 Å². The molecule has 0 fully saturated rings. The number of halogens is 2. The Labute approximate surface area is 70.8 Å². The van der Waals surface area contributed by atoms with E-state index in [2.05, 4.69) is 0 Å². The minimum absolute atomic E-state index is 0.0172. The van der Waals surface area contributed by atoms with Gasteiger partial charge in [0.25, 0.3) is 0 Å². The monoisotopic (exact) mass is 168 g/mol. The molecule has 0 aliphatic rings. The highest BCUT2D eigenvalue weighted by molar-refractivity contribution is 6.32. The topological polar surface area (TPSA) is 9.23 Å². The second kappa shape index (κ2) is 3.56. The van der Waals surface area contributed by atoms with Crippen LogP contribution in [0.1, 0.15) is 6.92 Å². The van der Waals surface area contributed by atoms with Gasteiger partial charge in [0.1, 0.15) is 13.7 Å². The number of rotatable bonds is 2. The number of hydrogen-bond acceptors (Lipinski definition) is 1. The first kappa shape index (κ1) is 9.04. The highest BCUT2D eigenvalue weighted by Crippen LogP contribution is 2.15. The van der Waals surface area contributed by atoms with Crippen LogP contribution in [0, 0.1) is 11.6 Å². The van der Waals surface area contributed by atoms with Crippen LogP contribution >= 0.6 is 0 Å². The maximum atomic E-state index is 12.8. The lowest BCUT2D eigenvalue weighted by atomic mass is 9.95. The summed E-state index contributed by atoms with van der Waals surface area (Å²) in [6.07, 6.45) is 0. The van der Waals surface area contributed by atoms with Crippen molar-refractivity contribution in [1.29, 1.82) is 0 Å². The second-order valence-corrected chi connectivity index (χ2v) is 2.24. The van der Waals surface area contributed by atoms with E-state index >= 15 is 0 Å². The third-order valence-electron chi connectivity index (χ3n) is 1.35. The van der Waals surface area contributed by atoms with E-state index in [0.717, 1.165) is 6.07 Å². The van der Waals surface area contributed by atoms with Gasteiger partial charge in [0, 0.05) is 6.07 Å². The van der Waals surface area contributed by atoms with Gasteiger partial charge in [0.05, 0.1) is 6.61 Å². The first-order valence-corrected chi connectivity index (χ1v) is 3.52. The molecular formula is C8H7BF2O. The van der Waals surface area contributed by atoms with Crippen LogP contribution in [0.4, 0.5) is 8.78 Å². The molecule has 0 spiro atoms. The quantitative estimate of drug-likeness (QED) is 0.602. The largest absolute Gasteiger partial charge is 0.491 e. The summed E-state index contributed by atoms with van der Waals surface area (Å²) in [7, 11) is 5.20. The average molecular weight is 168 g/mol. The van der Waals surface area contributed by atoms with Crippen LogP contribution < -0.4 is 10.2 Å². The van der Waals surface area contributed by atoms with Crippen LogP contribution in [0.15, 0.2) is 12.1 Å². The summed E-state index contributed by atoms with van der Waals surface area (Å²) in [4.78, 5) is 0. The first-order chi connectivity index (χ1) is 5.65. The van der Waals surface area contributed by atoms with Crippen molar-refractivity contribution in [2.24, 2.45) is 0 Å². The van der Waals surface area contributed by atoms with Crippen molar-refractivity contribution in [3.8, 4) is 5.75 Å². The summed E-state index contributed by atoms with van der Waals surface area (Å²) < 4.78 is 30.2. The van der Waals surface area contributed by atoms with E-state index in [9.17, 15) is 8.78 Å². The summed E-state index contributed by atoms with van der Waals surface area (Å²) >= 11 is 0. The lowest BCUT2D eigenvalue weighted by Crippen LogP contribution is -2.10. The Hall–Kier alpha value is -1.06. The maximum absolute atomic E-state index is 12.8.